The second kappa shape index (κ2) is 19.4. The SMILES string of the molecule is Cc1cccc(C#Cc2c(F)cc(C#CCCCCSSCCCCC#Cc3cc(F)c(C#Cc4cccc(C)c4)c(F)c3)cc2F)c1. The summed E-state index contributed by atoms with van der Waals surface area (Å²) >= 11 is 0. The summed E-state index contributed by atoms with van der Waals surface area (Å²) in [6, 6.07) is 19.8. The first-order chi connectivity index (χ1) is 23.3. The van der Waals surface area contributed by atoms with Crippen molar-refractivity contribution in [2.24, 2.45) is 0 Å². The zero-order valence-electron chi connectivity index (χ0n) is 26.9. The summed E-state index contributed by atoms with van der Waals surface area (Å²) in [6.07, 6.45) is 5.11. The molecule has 4 aromatic rings. The second-order valence-corrected chi connectivity index (χ2v) is 13.7. The van der Waals surface area contributed by atoms with Gasteiger partial charge in [-0.25, -0.2) is 17.6 Å². The molecule has 0 nitrogen and oxygen atoms in total. The van der Waals surface area contributed by atoms with Gasteiger partial charge in [-0.15, -0.1) is 0 Å². The van der Waals surface area contributed by atoms with E-state index in [4.69, 9.17) is 0 Å². The summed E-state index contributed by atoms with van der Waals surface area (Å²) < 4.78 is 58.0. The van der Waals surface area contributed by atoms with Crippen LogP contribution in [0.5, 0.6) is 0 Å². The van der Waals surface area contributed by atoms with Gasteiger partial charge in [-0.3, -0.25) is 0 Å². The topological polar surface area (TPSA) is 0 Å². The van der Waals surface area contributed by atoms with Crippen LogP contribution in [0.4, 0.5) is 17.6 Å². The molecule has 0 unspecified atom stereocenters. The van der Waals surface area contributed by atoms with Crippen LogP contribution in [-0.4, -0.2) is 11.5 Å². The van der Waals surface area contributed by atoms with Crippen LogP contribution >= 0.6 is 21.6 Å². The van der Waals surface area contributed by atoms with Gasteiger partial charge in [0.2, 0.25) is 0 Å². The van der Waals surface area contributed by atoms with Gasteiger partial charge in [0.15, 0.2) is 0 Å². The minimum atomic E-state index is -0.712. The lowest BCUT2D eigenvalue weighted by Gasteiger charge is -2.00. The third-order valence-corrected chi connectivity index (χ3v) is 9.47. The fourth-order valence-corrected chi connectivity index (χ4v) is 6.73. The van der Waals surface area contributed by atoms with Gasteiger partial charge in [0.05, 0.1) is 11.1 Å². The molecule has 48 heavy (non-hydrogen) atoms. The maximum atomic E-state index is 14.5. The molecule has 0 spiro atoms. The molecule has 4 rings (SSSR count). The van der Waals surface area contributed by atoms with E-state index in [1.54, 1.807) is 12.1 Å². The Morgan fingerprint density at radius 2 is 0.854 bits per heavy atom. The molecule has 242 valence electrons. The fourth-order valence-electron chi connectivity index (χ4n) is 4.44. The number of benzene rings is 4. The Morgan fingerprint density at radius 1 is 0.458 bits per heavy atom. The molecular formula is C42H34F4S2. The van der Waals surface area contributed by atoms with Crippen LogP contribution in [0.2, 0.25) is 0 Å². The van der Waals surface area contributed by atoms with Crippen molar-refractivity contribution < 1.29 is 17.6 Å². The highest BCUT2D eigenvalue weighted by Gasteiger charge is 2.09. The van der Waals surface area contributed by atoms with Gasteiger partial charge >= 0.3 is 0 Å². The van der Waals surface area contributed by atoms with Gasteiger partial charge in [-0.05, 0) is 99.2 Å². The maximum Gasteiger partial charge on any atom is 0.143 e. The minimum absolute atomic E-state index is 0.250. The number of halogens is 4. The third kappa shape index (κ3) is 12.3. The monoisotopic (exact) mass is 678 g/mol. The quantitative estimate of drug-likeness (QED) is 0.0748. The highest BCUT2D eigenvalue weighted by molar-refractivity contribution is 8.76. The Bertz CT molecular complexity index is 1790. The largest absolute Gasteiger partial charge is 0.205 e. The molecule has 0 saturated carbocycles. The lowest BCUT2D eigenvalue weighted by Crippen LogP contribution is -1.92. The standard InChI is InChI=1S/C42H34F4S2/c1-31-13-11-17-33(25-31)19-21-37-39(43)27-35(28-40(37)44)15-7-3-5-9-23-47-48-24-10-6-4-8-16-36-29-41(45)38(42(46)30-36)22-20-34-18-12-14-32(2)26-34/h11-14,17-18,25-30H,3-6,9-10,23-24H2,1-2H3. The normalized spacial score (nSPS) is 10.0. The van der Waals surface area contributed by atoms with Crippen molar-refractivity contribution in [3.63, 3.8) is 0 Å². The highest BCUT2D eigenvalue weighted by atomic mass is 33.1. The molecule has 0 saturated heterocycles. The van der Waals surface area contributed by atoms with E-state index in [9.17, 15) is 17.6 Å². The van der Waals surface area contributed by atoms with Gasteiger partial charge in [0.1, 0.15) is 23.3 Å². The van der Waals surface area contributed by atoms with Gasteiger partial charge in [-0.2, -0.15) is 0 Å². The average molecular weight is 679 g/mol. The van der Waals surface area contributed by atoms with Crippen molar-refractivity contribution in [2.75, 3.05) is 11.5 Å². The van der Waals surface area contributed by atoms with Crippen LogP contribution < -0.4 is 0 Å². The molecule has 0 atom stereocenters. The molecule has 0 bridgehead atoms. The Morgan fingerprint density at radius 3 is 1.23 bits per heavy atom. The predicted molar refractivity (Wildman–Crippen MR) is 193 cm³/mol. The number of aryl methyl sites for hydroxylation is 2. The maximum absolute atomic E-state index is 14.5. The highest BCUT2D eigenvalue weighted by Crippen LogP contribution is 2.24. The predicted octanol–water partition coefficient (Wildman–Crippen LogP) is 10.8. The molecule has 0 N–H and O–H groups in total. The molecule has 0 heterocycles. The van der Waals surface area contributed by atoms with Crippen molar-refractivity contribution >= 4 is 21.6 Å². The molecule has 4 aromatic carbocycles. The minimum Gasteiger partial charge on any atom is -0.205 e. The Labute approximate surface area is 289 Å². The van der Waals surface area contributed by atoms with Gasteiger partial charge < -0.3 is 0 Å². The van der Waals surface area contributed by atoms with E-state index in [-0.39, 0.29) is 11.1 Å². The first kappa shape index (κ1) is 36.4. The Balaban J connectivity index is 1.08. The summed E-state index contributed by atoms with van der Waals surface area (Å²) in [5, 5.41) is 0. The van der Waals surface area contributed by atoms with Crippen molar-refractivity contribution in [1.82, 2.24) is 0 Å². The smallest absolute Gasteiger partial charge is 0.143 e. The average Bonchev–Trinajstić information content (AvgIpc) is 3.04. The van der Waals surface area contributed by atoms with Gasteiger partial charge in [0, 0.05) is 46.6 Å². The molecule has 0 aliphatic carbocycles. The molecule has 0 aromatic heterocycles. The summed E-state index contributed by atoms with van der Waals surface area (Å²) in [5.41, 5.74) is 3.57. The van der Waals surface area contributed by atoms with Crippen LogP contribution in [0.25, 0.3) is 0 Å². The number of rotatable bonds is 9. The van der Waals surface area contributed by atoms with E-state index in [2.05, 4.69) is 47.4 Å². The zero-order valence-corrected chi connectivity index (χ0v) is 28.5. The molecule has 0 amide bonds. The molecule has 6 heteroatoms. The number of hydrogen-bond donors (Lipinski definition) is 0. The van der Waals surface area contributed by atoms with E-state index in [1.807, 2.05) is 71.8 Å². The molecule has 0 aliphatic heterocycles. The Hall–Kier alpha value is -4.46. The van der Waals surface area contributed by atoms with Crippen LogP contribution in [0.15, 0.2) is 72.8 Å². The van der Waals surface area contributed by atoms with E-state index >= 15 is 0 Å². The van der Waals surface area contributed by atoms with Gasteiger partial charge in [0.25, 0.3) is 0 Å². The molecular weight excluding hydrogens is 645 g/mol. The summed E-state index contributed by atoms with van der Waals surface area (Å²) in [7, 11) is 3.62. The van der Waals surface area contributed by atoms with E-state index in [0.29, 0.717) is 35.1 Å². The fraction of sp³-hybridized carbons (Fsp3) is 0.238. The van der Waals surface area contributed by atoms with Crippen molar-refractivity contribution in [2.45, 2.75) is 52.4 Å². The summed E-state index contributed by atoms with van der Waals surface area (Å²) in [4.78, 5) is 0. The molecule has 0 fully saturated rings. The van der Waals surface area contributed by atoms with Crippen LogP contribution in [0.1, 0.15) is 83.0 Å². The van der Waals surface area contributed by atoms with Crippen LogP contribution in [0.3, 0.4) is 0 Å². The van der Waals surface area contributed by atoms with Gasteiger partial charge in [-0.1, -0.05) is 93.2 Å². The lowest BCUT2D eigenvalue weighted by atomic mass is 10.1. The Kier molecular flexibility index (Phi) is 14.7. The first-order valence-electron chi connectivity index (χ1n) is 15.7. The van der Waals surface area contributed by atoms with Crippen molar-refractivity contribution in [3.8, 4) is 47.4 Å². The van der Waals surface area contributed by atoms with Crippen molar-refractivity contribution in [1.29, 1.82) is 0 Å². The second-order valence-electron chi connectivity index (χ2n) is 11.0. The first-order valence-corrected chi connectivity index (χ1v) is 18.1. The van der Waals surface area contributed by atoms with E-state index in [1.165, 1.54) is 24.3 Å². The van der Waals surface area contributed by atoms with E-state index in [0.717, 1.165) is 48.3 Å². The number of unbranched alkanes of at least 4 members (excludes halogenated alkanes) is 4. The van der Waals surface area contributed by atoms with E-state index < -0.39 is 23.3 Å². The van der Waals surface area contributed by atoms with Crippen molar-refractivity contribution in [3.05, 3.63) is 141 Å². The third-order valence-electron chi connectivity index (χ3n) is 6.89. The zero-order chi connectivity index (χ0) is 34.1. The summed E-state index contributed by atoms with van der Waals surface area (Å²) in [6.45, 7) is 3.87. The van der Waals surface area contributed by atoms with Crippen LogP contribution in [0, 0.1) is 84.5 Å². The number of hydrogen-bond acceptors (Lipinski definition) is 2. The van der Waals surface area contributed by atoms with Crippen LogP contribution in [-0.2, 0) is 0 Å². The lowest BCUT2D eigenvalue weighted by molar-refractivity contribution is 0.576. The molecule has 0 radical (unpaired) electrons. The molecule has 0 aliphatic rings. The summed E-state index contributed by atoms with van der Waals surface area (Å²) in [5.74, 6) is 21.7.